The highest BCUT2D eigenvalue weighted by atomic mass is 16.2. The molecule has 2 aliphatic rings. The molecule has 1 fully saturated rings. The van der Waals surface area contributed by atoms with Gasteiger partial charge in [0, 0.05) is 17.3 Å². The highest BCUT2D eigenvalue weighted by Crippen LogP contribution is 2.36. The van der Waals surface area contributed by atoms with E-state index in [1.54, 1.807) is 9.58 Å². The molecule has 5 rings (SSSR count). The Bertz CT molecular complexity index is 1290. The van der Waals surface area contributed by atoms with Gasteiger partial charge in [0.25, 0.3) is 5.91 Å². The first-order valence-corrected chi connectivity index (χ1v) is 13.2. The van der Waals surface area contributed by atoms with Crippen LogP contribution in [0.3, 0.4) is 0 Å². The first-order chi connectivity index (χ1) is 17.3. The maximum absolute atomic E-state index is 14.1. The average Bonchev–Trinajstić information content (AvgIpc) is 3.30. The number of aromatic nitrogens is 2. The molecule has 1 atom stereocenters. The van der Waals surface area contributed by atoms with Gasteiger partial charge >= 0.3 is 0 Å². The van der Waals surface area contributed by atoms with Gasteiger partial charge in [-0.25, -0.2) is 0 Å². The summed E-state index contributed by atoms with van der Waals surface area (Å²) in [4.78, 5) is 29.7. The van der Waals surface area contributed by atoms with Crippen molar-refractivity contribution in [1.82, 2.24) is 15.1 Å². The number of amides is 2. The fourth-order valence-electron chi connectivity index (χ4n) is 5.66. The molecule has 6 heteroatoms. The first kappa shape index (κ1) is 24.3. The van der Waals surface area contributed by atoms with Crippen molar-refractivity contribution in [2.75, 3.05) is 4.90 Å². The van der Waals surface area contributed by atoms with Crippen molar-refractivity contribution in [2.24, 2.45) is 0 Å². The van der Waals surface area contributed by atoms with E-state index in [0.717, 1.165) is 60.2 Å². The molecule has 2 amide bonds. The molecule has 1 saturated carbocycles. The number of nitrogens with zero attached hydrogens (tertiary/aromatic N) is 3. The van der Waals surface area contributed by atoms with E-state index in [-0.39, 0.29) is 17.9 Å². The molecule has 0 bridgehead atoms. The minimum Gasteiger partial charge on any atom is -0.351 e. The third-order valence-electron chi connectivity index (χ3n) is 7.83. The summed E-state index contributed by atoms with van der Waals surface area (Å²) in [6.07, 6.45) is 6.43. The van der Waals surface area contributed by atoms with Crippen LogP contribution < -0.4 is 10.2 Å². The first-order valence-electron chi connectivity index (χ1n) is 13.2. The number of hydrogen-bond donors (Lipinski definition) is 1. The van der Waals surface area contributed by atoms with Gasteiger partial charge in [0.05, 0.1) is 12.2 Å². The molecular formula is C30H36N4O2. The van der Waals surface area contributed by atoms with E-state index < -0.39 is 5.54 Å². The number of carbonyl (C=O) groups is 2. The van der Waals surface area contributed by atoms with E-state index in [1.165, 1.54) is 12.0 Å². The molecule has 0 radical (unpaired) electrons. The Hall–Kier alpha value is -3.41. The molecule has 1 aliphatic heterocycles. The van der Waals surface area contributed by atoms with Gasteiger partial charge in [-0.1, -0.05) is 68.1 Å². The van der Waals surface area contributed by atoms with Crippen LogP contribution in [0.15, 0.2) is 48.5 Å². The van der Waals surface area contributed by atoms with E-state index >= 15 is 0 Å². The van der Waals surface area contributed by atoms with Crippen molar-refractivity contribution < 1.29 is 9.59 Å². The van der Waals surface area contributed by atoms with Crippen LogP contribution >= 0.6 is 0 Å². The SMILES string of the molecule is CCc1ccc(-c2cc3n(n2)CC(C)(C(=O)NC2CCCCC2)N(c2ccc(C)cc2C)C3=O)cc1. The fourth-order valence-corrected chi connectivity index (χ4v) is 5.66. The quantitative estimate of drug-likeness (QED) is 0.513. The number of rotatable bonds is 5. The molecule has 0 saturated heterocycles. The number of benzene rings is 2. The summed E-state index contributed by atoms with van der Waals surface area (Å²) in [6, 6.07) is 16.3. The lowest BCUT2D eigenvalue weighted by molar-refractivity contribution is -0.127. The molecule has 1 unspecified atom stereocenters. The Balaban J connectivity index is 1.56. The number of nitrogens with one attached hydrogen (secondary N) is 1. The Labute approximate surface area is 213 Å². The van der Waals surface area contributed by atoms with E-state index in [2.05, 4.69) is 42.6 Å². The Morgan fingerprint density at radius 3 is 2.44 bits per heavy atom. The number of carbonyl (C=O) groups excluding carboxylic acids is 2. The summed E-state index contributed by atoms with van der Waals surface area (Å²) in [6.45, 7) is 8.34. The zero-order valence-electron chi connectivity index (χ0n) is 21.8. The number of anilines is 1. The topological polar surface area (TPSA) is 67.2 Å². The van der Waals surface area contributed by atoms with E-state index in [0.29, 0.717) is 12.2 Å². The van der Waals surface area contributed by atoms with Gasteiger partial charge in [-0.2, -0.15) is 5.10 Å². The average molecular weight is 485 g/mol. The molecule has 2 aromatic carbocycles. The third-order valence-corrected chi connectivity index (χ3v) is 7.83. The maximum Gasteiger partial charge on any atom is 0.277 e. The van der Waals surface area contributed by atoms with Crippen molar-refractivity contribution in [1.29, 1.82) is 0 Å². The second kappa shape index (κ2) is 9.57. The molecule has 1 aliphatic carbocycles. The number of hydrogen-bond acceptors (Lipinski definition) is 3. The van der Waals surface area contributed by atoms with Crippen LogP contribution in [-0.4, -0.2) is 33.2 Å². The highest BCUT2D eigenvalue weighted by Gasteiger charge is 2.49. The molecular weight excluding hydrogens is 448 g/mol. The monoisotopic (exact) mass is 484 g/mol. The van der Waals surface area contributed by atoms with E-state index in [1.807, 2.05) is 39.0 Å². The summed E-state index contributed by atoms with van der Waals surface area (Å²) in [5.41, 5.74) is 5.25. The summed E-state index contributed by atoms with van der Waals surface area (Å²) >= 11 is 0. The summed E-state index contributed by atoms with van der Waals surface area (Å²) in [5.74, 6) is -0.309. The smallest absolute Gasteiger partial charge is 0.277 e. The van der Waals surface area contributed by atoms with Gasteiger partial charge in [0.15, 0.2) is 0 Å². The van der Waals surface area contributed by atoms with Crippen LogP contribution in [0.2, 0.25) is 0 Å². The lowest BCUT2D eigenvalue weighted by Gasteiger charge is -2.44. The van der Waals surface area contributed by atoms with Gasteiger partial charge in [0.1, 0.15) is 11.2 Å². The second-order valence-electron chi connectivity index (χ2n) is 10.6. The Morgan fingerprint density at radius 1 is 1.06 bits per heavy atom. The van der Waals surface area contributed by atoms with Crippen LogP contribution in [0.1, 0.15) is 73.1 Å². The summed E-state index contributed by atoms with van der Waals surface area (Å²) in [5, 5.41) is 8.09. The zero-order chi connectivity index (χ0) is 25.4. The molecule has 6 nitrogen and oxygen atoms in total. The summed E-state index contributed by atoms with van der Waals surface area (Å²) < 4.78 is 1.73. The lowest BCUT2D eigenvalue weighted by atomic mass is 9.90. The lowest BCUT2D eigenvalue weighted by Crippen LogP contribution is -2.65. The number of aryl methyl sites for hydroxylation is 3. The maximum atomic E-state index is 14.1. The highest BCUT2D eigenvalue weighted by molar-refractivity contribution is 6.12. The molecule has 188 valence electrons. The van der Waals surface area contributed by atoms with Crippen LogP contribution in [0, 0.1) is 13.8 Å². The van der Waals surface area contributed by atoms with Crippen molar-refractivity contribution in [3.8, 4) is 11.3 Å². The van der Waals surface area contributed by atoms with Gasteiger partial charge in [0.2, 0.25) is 5.91 Å². The minimum atomic E-state index is -1.10. The molecule has 1 N–H and O–H groups in total. The number of fused-ring (bicyclic) bond motifs is 1. The predicted octanol–water partition coefficient (Wildman–Crippen LogP) is 5.60. The minimum absolute atomic E-state index is 0.113. The molecule has 36 heavy (non-hydrogen) atoms. The van der Waals surface area contributed by atoms with Gasteiger partial charge in [-0.05, 0) is 63.3 Å². The normalized spacial score (nSPS) is 20.3. The fraction of sp³-hybridized carbons (Fsp3) is 0.433. The van der Waals surface area contributed by atoms with Gasteiger partial charge in [-0.3, -0.25) is 19.2 Å². The largest absolute Gasteiger partial charge is 0.351 e. The summed E-state index contributed by atoms with van der Waals surface area (Å²) in [7, 11) is 0. The van der Waals surface area contributed by atoms with Crippen LogP contribution in [0.4, 0.5) is 5.69 Å². The standard InChI is InChI=1S/C30H36N4O2/c1-5-22-12-14-23(15-13-22)25-18-27-28(35)34(26-16-11-20(2)17-21(26)3)30(4,19-33(27)32-25)29(36)31-24-9-7-6-8-10-24/h11-18,24H,5-10,19H2,1-4H3,(H,31,36). The zero-order valence-corrected chi connectivity index (χ0v) is 21.8. The second-order valence-corrected chi connectivity index (χ2v) is 10.6. The van der Waals surface area contributed by atoms with Crippen LogP contribution in [0.5, 0.6) is 0 Å². The van der Waals surface area contributed by atoms with Crippen molar-refractivity contribution in [2.45, 2.75) is 84.3 Å². The van der Waals surface area contributed by atoms with Crippen molar-refractivity contribution in [3.63, 3.8) is 0 Å². The van der Waals surface area contributed by atoms with Gasteiger partial charge in [-0.15, -0.1) is 0 Å². The predicted molar refractivity (Wildman–Crippen MR) is 143 cm³/mol. The van der Waals surface area contributed by atoms with E-state index in [4.69, 9.17) is 5.10 Å². The van der Waals surface area contributed by atoms with E-state index in [9.17, 15) is 9.59 Å². The Kier molecular flexibility index (Phi) is 6.45. The molecule has 2 heterocycles. The third kappa shape index (κ3) is 4.34. The van der Waals surface area contributed by atoms with Crippen molar-refractivity contribution in [3.05, 3.63) is 70.9 Å². The van der Waals surface area contributed by atoms with Crippen molar-refractivity contribution >= 4 is 17.5 Å². The molecule has 1 aromatic heterocycles. The molecule has 3 aromatic rings. The van der Waals surface area contributed by atoms with Crippen LogP contribution in [-0.2, 0) is 17.8 Å². The molecule has 0 spiro atoms. The van der Waals surface area contributed by atoms with Gasteiger partial charge < -0.3 is 5.32 Å². The van der Waals surface area contributed by atoms with Crippen LogP contribution in [0.25, 0.3) is 11.3 Å². The Morgan fingerprint density at radius 2 is 1.78 bits per heavy atom.